The molecule has 0 fully saturated rings. The van der Waals surface area contributed by atoms with E-state index in [4.69, 9.17) is 19.2 Å². The maximum atomic E-state index is 7.33. The molecular weight excluding hydrogens is 227 g/mol. The minimum absolute atomic E-state index is 0. The van der Waals surface area contributed by atoms with E-state index in [0.717, 1.165) is 0 Å². The van der Waals surface area contributed by atoms with E-state index in [0.29, 0.717) is 0 Å². The molecule has 0 heterocycles. The van der Waals surface area contributed by atoms with Crippen LogP contribution in [0.15, 0.2) is 0 Å². The van der Waals surface area contributed by atoms with Gasteiger partial charge < -0.3 is 28.9 Å². The minimum Gasteiger partial charge on any atom is -1.00 e. The Balaban J connectivity index is -0.00000000381. The first-order chi connectivity index (χ1) is 2.00. The third-order valence-electron chi connectivity index (χ3n) is 0. The van der Waals surface area contributed by atoms with Crippen LogP contribution in [0.25, 0.3) is 0 Å². The molecule has 0 atom stereocenters. The largest absolute Gasteiger partial charge is 2.00 e. The van der Waals surface area contributed by atoms with E-state index in [1.165, 1.54) is 0 Å². The Labute approximate surface area is 127 Å². The normalized spacial score (nSPS) is 6.67. The molecule has 9 heteroatoms. The van der Waals surface area contributed by atoms with Crippen molar-refractivity contribution in [3.8, 4) is 0 Å². The van der Waals surface area contributed by atoms with Gasteiger partial charge in [0.05, 0.1) is 0 Å². The predicted octanol–water partition coefficient (Wildman–Crippen LogP) is -6.48. The third kappa shape index (κ3) is 101. The van der Waals surface area contributed by atoms with Crippen LogP contribution in [-0.4, -0.2) is 56.8 Å². The van der Waals surface area contributed by atoms with Crippen LogP contribution in [0.5, 0.6) is 0 Å². The van der Waals surface area contributed by atoms with Crippen molar-refractivity contribution in [3.05, 3.63) is 0 Å². The van der Waals surface area contributed by atoms with E-state index in [-0.39, 0.29) is 101 Å². The Morgan fingerprint density at radius 3 is 1.00 bits per heavy atom. The zero-order valence-corrected chi connectivity index (χ0v) is 11.5. The fourth-order valence-electron chi connectivity index (χ4n) is 0. The molecule has 0 amide bonds. The Hall–Kier alpha value is 2.94. The van der Waals surface area contributed by atoms with E-state index in [9.17, 15) is 0 Å². The van der Waals surface area contributed by atoms with Crippen molar-refractivity contribution in [2.45, 2.75) is 0 Å². The van der Waals surface area contributed by atoms with Crippen LogP contribution in [0.3, 0.4) is 0 Å². The predicted molar refractivity (Wildman–Crippen MR) is 27.3 cm³/mol. The van der Waals surface area contributed by atoms with Gasteiger partial charge in [-0.2, -0.15) is 0 Å². The first-order valence-corrected chi connectivity index (χ1v) is 2.68. The smallest absolute Gasteiger partial charge is 1.00 e. The van der Waals surface area contributed by atoms with Crippen molar-refractivity contribution in [1.82, 2.24) is 0 Å². The van der Waals surface area contributed by atoms with E-state index >= 15 is 0 Å². The minimum atomic E-state index is -4.61. The molecule has 5 nitrogen and oxygen atoms in total. The Morgan fingerprint density at radius 2 is 1.00 bits per heavy atom. The molecule has 0 aromatic heterocycles. The Bertz CT molecular complexity index is 42.2. The van der Waals surface area contributed by atoms with Gasteiger partial charge in [-0.1, -0.05) is 0 Å². The average Bonchev–Trinajstić information content (AvgIpc) is 0.722. The summed E-state index contributed by atoms with van der Waals surface area (Å²) in [5, 5.41) is 0. The molecule has 54 valence electrons. The van der Waals surface area contributed by atoms with Crippen LogP contribution < -0.4 is 51.4 Å². The molecule has 0 rings (SSSR count). The molecular formula is H9FeKMgO5Si. The van der Waals surface area contributed by atoms with Gasteiger partial charge in [-0.15, -0.1) is 0 Å². The molecule has 0 aliphatic heterocycles. The molecule has 0 saturated heterocycles. The van der Waals surface area contributed by atoms with Gasteiger partial charge >= 0.3 is 83.5 Å². The second kappa shape index (κ2) is 13.5. The first-order valence-electron chi connectivity index (χ1n) is 0.894. The molecule has 0 saturated carbocycles. The summed E-state index contributed by atoms with van der Waals surface area (Å²) in [7, 11) is -4.61. The quantitative estimate of drug-likeness (QED) is 0.313. The number of rotatable bonds is 0. The maximum Gasteiger partial charge on any atom is 2.00 e. The summed E-state index contributed by atoms with van der Waals surface area (Å²) in [5.41, 5.74) is 0. The van der Waals surface area contributed by atoms with Gasteiger partial charge in [0.2, 0.25) is 0 Å². The molecule has 0 aromatic carbocycles. The summed E-state index contributed by atoms with van der Waals surface area (Å²) in [4.78, 5) is 29.3. The third-order valence-corrected chi connectivity index (χ3v) is 0. The summed E-state index contributed by atoms with van der Waals surface area (Å²) < 4.78 is 0. The van der Waals surface area contributed by atoms with Crippen molar-refractivity contribution in [2.24, 2.45) is 0 Å². The summed E-state index contributed by atoms with van der Waals surface area (Å²) in [6.07, 6.45) is 0. The zero-order chi connectivity index (χ0) is 4.50. The van der Waals surface area contributed by atoms with Crippen LogP contribution in [0.2, 0.25) is 0 Å². The summed E-state index contributed by atoms with van der Waals surface area (Å²) >= 11 is 0. The van der Waals surface area contributed by atoms with Gasteiger partial charge in [0.1, 0.15) is 0 Å². The van der Waals surface area contributed by atoms with Crippen LogP contribution >= 0.6 is 0 Å². The van der Waals surface area contributed by atoms with Crippen molar-refractivity contribution in [1.29, 1.82) is 0 Å². The van der Waals surface area contributed by atoms with E-state index in [1.54, 1.807) is 0 Å². The molecule has 0 unspecified atom stereocenters. The zero-order valence-electron chi connectivity index (χ0n) is 7.85. The standard InChI is InChI=1S/Fe.K.Mg.H4O4Si.H2O.3H/c;;;1-5(2,3)4;;;;/h;;;1-4H;1H2;;;/q;+1;+2;;;3*-1. The molecule has 0 radical (unpaired) electrons. The monoisotopic (exact) mass is 236 g/mol. The van der Waals surface area contributed by atoms with Crippen LogP contribution in [0.4, 0.5) is 0 Å². The molecule has 0 aliphatic carbocycles. The van der Waals surface area contributed by atoms with Gasteiger partial charge in [-0.05, 0) is 0 Å². The van der Waals surface area contributed by atoms with Gasteiger partial charge in [-0.25, -0.2) is 0 Å². The summed E-state index contributed by atoms with van der Waals surface area (Å²) in [5.74, 6) is 0. The maximum absolute atomic E-state index is 7.33. The number of hydrogen-bond donors (Lipinski definition) is 4. The van der Waals surface area contributed by atoms with Crippen molar-refractivity contribution < 1.29 is 97.4 Å². The molecule has 0 bridgehead atoms. The van der Waals surface area contributed by atoms with Crippen LogP contribution in [0.1, 0.15) is 4.28 Å². The first kappa shape index (κ1) is 29.7. The Kier molecular flexibility index (Phi) is 44.6. The molecule has 6 N–H and O–H groups in total. The molecule has 9 heavy (non-hydrogen) atoms. The average molecular weight is 236 g/mol. The van der Waals surface area contributed by atoms with Crippen molar-refractivity contribution in [3.63, 3.8) is 0 Å². The van der Waals surface area contributed by atoms with E-state index < -0.39 is 9.05 Å². The van der Waals surface area contributed by atoms with Crippen LogP contribution in [-0.2, 0) is 17.1 Å². The van der Waals surface area contributed by atoms with Gasteiger partial charge in [0.25, 0.3) is 0 Å². The molecule has 0 aliphatic rings. The fourth-order valence-corrected chi connectivity index (χ4v) is 0. The molecule has 0 spiro atoms. The van der Waals surface area contributed by atoms with Gasteiger partial charge in [0.15, 0.2) is 0 Å². The molecule has 0 aromatic rings. The van der Waals surface area contributed by atoms with Crippen molar-refractivity contribution >= 4 is 32.1 Å². The second-order valence-electron chi connectivity index (χ2n) is 0.600. The van der Waals surface area contributed by atoms with Crippen molar-refractivity contribution in [2.75, 3.05) is 0 Å². The summed E-state index contributed by atoms with van der Waals surface area (Å²) in [6.45, 7) is 0. The topological polar surface area (TPSA) is 112 Å². The van der Waals surface area contributed by atoms with Crippen LogP contribution in [0, 0.1) is 0 Å². The fraction of sp³-hybridized carbons (Fsp3) is 0. The summed E-state index contributed by atoms with van der Waals surface area (Å²) in [6, 6.07) is 0. The van der Waals surface area contributed by atoms with E-state index in [2.05, 4.69) is 0 Å². The SMILES string of the molecule is O.O[Si](O)(O)O.[Fe].[H-].[H-].[H-].[K+].[Mg+2]. The van der Waals surface area contributed by atoms with E-state index in [1.807, 2.05) is 0 Å². The van der Waals surface area contributed by atoms with Gasteiger partial charge in [-0.3, -0.25) is 0 Å². The second-order valence-corrected chi connectivity index (χ2v) is 1.80. The Morgan fingerprint density at radius 1 is 1.00 bits per heavy atom. The number of hydrogen-bond acceptors (Lipinski definition) is 4. The van der Waals surface area contributed by atoms with Gasteiger partial charge in [0, 0.05) is 17.1 Å².